The molecule has 84 valence electrons. The van der Waals surface area contributed by atoms with Crippen LogP contribution < -0.4 is 0 Å². The smallest absolute Gasteiger partial charge is 0.230 e. The predicted octanol–water partition coefficient (Wildman–Crippen LogP) is 1.61. The van der Waals surface area contributed by atoms with Gasteiger partial charge >= 0.3 is 0 Å². The molecular formula is C12H19NO2. The minimum absolute atomic E-state index is 0.0526. The van der Waals surface area contributed by atoms with Gasteiger partial charge in [-0.3, -0.25) is 9.59 Å². The standard InChI is InChI=1S/C12H19NO2/c1-8(2)12(9-3-4-9)13-6-5-10(14)7-11(13)15/h8-9,12H,3-7H2,1-2H3. The lowest BCUT2D eigenvalue weighted by Crippen LogP contribution is -2.48. The Morgan fingerprint density at radius 1 is 1.27 bits per heavy atom. The number of carbonyl (C=O) groups is 2. The molecule has 0 aromatic heterocycles. The highest BCUT2D eigenvalue weighted by atomic mass is 16.2. The first-order chi connectivity index (χ1) is 7.09. The van der Waals surface area contributed by atoms with Crippen LogP contribution in [0.2, 0.25) is 0 Å². The fourth-order valence-electron chi connectivity index (χ4n) is 2.64. The van der Waals surface area contributed by atoms with Gasteiger partial charge in [0.15, 0.2) is 0 Å². The Kier molecular flexibility index (Phi) is 2.81. The Bertz CT molecular complexity index is 279. The second-order valence-electron chi connectivity index (χ2n) is 5.12. The second kappa shape index (κ2) is 3.95. The molecule has 1 heterocycles. The van der Waals surface area contributed by atoms with E-state index >= 15 is 0 Å². The van der Waals surface area contributed by atoms with E-state index in [4.69, 9.17) is 0 Å². The molecule has 1 aliphatic heterocycles. The maximum Gasteiger partial charge on any atom is 0.230 e. The molecule has 2 fully saturated rings. The number of nitrogens with zero attached hydrogens (tertiary/aromatic N) is 1. The zero-order valence-electron chi connectivity index (χ0n) is 9.53. The molecule has 0 spiro atoms. The van der Waals surface area contributed by atoms with Gasteiger partial charge in [0.2, 0.25) is 5.91 Å². The normalized spacial score (nSPS) is 24.9. The van der Waals surface area contributed by atoms with E-state index in [0.29, 0.717) is 30.8 Å². The van der Waals surface area contributed by atoms with E-state index in [1.807, 2.05) is 4.90 Å². The lowest BCUT2D eigenvalue weighted by atomic mass is 9.94. The fourth-order valence-corrected chi connectivity index (χ4v) is 2.64. The van der Waals surface area contributed by atoms with Crippen molar-refractivity contribution in [3.8, 4) is 0 Å². The number of carbonyl (C=O) groups excluding carboxylic acids is 2. The van der Waals surface area contributed by atoms with E-state index in [2.05, 4.69) is 13.8 Å². The maximum absolute atomic E-state index is 11.8. The van der Waals surface area contributed by atoms with Crippen LogP contribution in [0.25, 0.3) is 0 Å². The number of amides is 1. The molecule has 0 aromatic carbocycles. The van der Waals surface area contributed by atoms with Crippen molar-refractivity contribution >= 4 is 11.7 Å². The van der Waals surface area contributed by atoms with Crippen molar-refractivity contribution in [2.45, 2.75) is 45.6 Å². The van der Waals surface area contributed by atoms with Crippen molar-refractivity contribution in [1.29, 1.82) is 0 Å². The summed E-state index contributed by atoms with van der Waals surface area (Å²) in [5, 5.41) is 0. The molecule has 0 aromatic rings. The van der Waals surface area contributed by atoms with E-state index in [0.717, 1.165) is 0 Å². The molecule has 2 rings (SSSR count). The summed E-state index contributed by atoms with van der Waals surface area (Å²) in [7, 11) is 0. The van der Waals surface area contributed by atoms with Gasteiger partial charge in [0, 0.05) is 19.0 Å². The molecule has 1 saturated carbocycles. The maximum atomic E-state index is 11.8. The van der Waals surface area contributed by atoms with Crippen molar-refractivity contribution in [1.82, 2.24) is 4.90 Å². The molecule has 1 saturated heterocycles. The number of likely N-dealkylation sites (tertiary alicyclic amines) is 1. The Hall–Kier alpha value is -0.860. The molecule has 15 heavy (non-hydrogen) atoms. The zero-order valence-corrected chi connectivity index (χ0v) is 9.53. The summed E-state index contributed by atoms with van der Waals surface area (Å²) in [6.45, 7) is 5.00. The van der Waals surface area contributed by atoms with E-state index in [9.17, 15) is 9.59 Å². The highest BCUT2D eigenvalue weighted by molar-refractivity contribution is 6.00. The molecule has 1 amide bonds. The first-order valence-corrected chi connectivity index (χ1v) is 5.90. The van der Waals surface area contributed by atoms with Crippen molar-refractivity contribution in [2.24, 2.45) is 11.8 Å². The third-order valence-electron chi connectivity index (χ3n) is 3.45. The number of rotatable bonds is 3. The van der Waals surface area contributed by atoms with Crippen LogP contribution in [0.5, 0.6) is 0 Å². The fraction of sp³-hybridized carbons (Fsp3) is 0.833. The molecule has 0 bridgehead atoms. The average molecular weight is 209 g/mol. The average Bonchev–Trinajstić information content (AvgIpc) is 2.92. The summed E-state index contributed by atoms with van der Waals surface area (Å²) in [5.41, 5.74) is 0. The van der Waals surface area contributed by atoms with Crippen LogP contribution in [0.15, 0.2) is 0 Å². The highest BCUT2D eigenvalue weighted by Gasteiger charge is 2.40. The van der Waals surface area contributed by atoms with E-state index in [1.165, 1.54) is 12.8 Å². The second-order valence-corrected chi connectivity index (χ2v) is 5.12. The SMILES string of the molecule is CC(C)C(C1CC1)N1CCC(=O)CC1=O. The Balaban J connectivity index is 2.06. The van der Waals surface area contributed by atoms with Crippen LogP contribution in [-0.4, -0.2) is 29.2 Å². The van der Waals surface area contributed by atoms with Crippen LogP contribution in [0.3, 0.4) is 0 Å². The molecule has 3 heteroatoms. The Morgan fingerprint density at radius 3 is 2.40 bits per heavy atom. The molecule has 3 nitrogen and oxygen atoms in total. The van der Waals surface area contributed by atoms with Gasteiger partial charge < -0.3 is 4.90 Å². The van der Waals surface area contributed by atoms with Crippen molar-refractivity contribution in [3.05, 3.63) is 0 Å². The third-order valence-corrected chi connectivity index (χ3v) is 3.45. The lowest BCUT2D eigenvalue weighted by molar-refractivity contribution is -0.142. The summed E-state index contributed by atoms with van der Waals surface area (Å²) in [5.74, 6) is 1.36. The largest absolute Gasteiger partial charge is 0.338 e. The molecule has 1 unspecified atom stereocenters. The number of ketones is 1. The van der Waals surface area contributed by atoms with Crippen molar-refractivity contribution in [2.75, 3.05) is 6.54 Å². The summed E-state index contributed by atoms with van der Waals surface area (Å²) in [6.07, 6.45) is 3.19. The molecule has 0 N–H and O–H groups in total. The summed E-state index contributed by atoms with van der Waals surface area (Å²) >= 11 is 0. The first kappa shape index (κ1) is 10.7. The van der Waals surface area contributed by atoms with Gasteiger partial charge in [-0.15, -0.1) is 0 Å². The van der Waals surface area contributed by atoms with Gasteiger partial charge in [-0.1, -0.05) is 13.8 Å². The van der Waals surface area contributed by atoms with Gasteiger partial charge in [-0.25, -0.2) is 0 Å². The van der Waals surface area contributed by atoms with Crippen LogP contribution >= 0.6 is 0 Å². The molecule has 0 radical (unpaired) electrons. The zero-order chi connectivity index (χ0) is 11.0. The lowest BCUT2D eigenvalue weighted by Gasteiger charge is -2.37. The third kappa shape index (κ3) is 2.21. The summed E-state index contributed by atoms with van der Waals surface area (Å²) in [6, 6.07) is 0.380. The minimum atomic E-state index is 0.0526. The van der Waals surface area contributed by atoms with E-state index < -0.39 is 0 Å². The van der Waals surface area contributed by atoms with E-state index in [-0.39, 0.29) is 18.1 Å². The molecular weight excluding hydrogens is 190 g/mol. The number of hydrogen-bond acceptors (Lipinski definition) is 2. The Labute approximate surface area is 90.8 Å². The van der Waals surface area contributed by atoms with Crippen LogP contribution in [-0.2, 0) is 9.59 Å². The molecule has 1 atom stereocenters. The van der Waals surface area contributed by atoms with Gasteiger partial charge in [0.05, 0.1) is 6.42 Å². The van der Waals surface area contributed by atoms with Gasteiger partial charge in [0.1, 0.15) is 5.78 Å². The topological polar surface area (TPSA) is 37.4 Å². The van der Waals surface area contributed by atoms with Gasteiger partial charge in [-0.2, -0.15) is 0 Å². The first-order valence-electron chi connectivity index (χ1n) is 5.90. The van der Waals surface area contributed by atoms with Crippen LogP contribution in [0.1, 0.15) is 39.5 Å². The predicted molar refractivity (Wildman–Crippen MR) is 57.3 cm³/mol. The quantitative estimate of drug-likeness (QED) is 0.662. The number of Topliss-reactive ketones (excluding diaryl/α,β-unsaturated/α-hetero) is 1. The van der Waals surface area contributed by atoms with Gasteiger partial charge in [0.25, 0.3) is 0 Å². The van der Waals surface area contributed by atoms with Crippen molar-refractivity contribution in [3.63, 3.8) is 0 Å². The monoisotopic (exact) mass is 209 g/mol. The minimum Gasteiger partial charge on any atom is -0.338 e. The van der Waals surface area contributed by atoms with Crippen LogP contribution in [0.4, 0.5) is 0 Å². The molecule has 1 aliphatic carbocycles. The summed E-state index contributed by atoms with van der Waals surface area (Å²) < 4.78 is 0. The number of piperidine rings is 1. The van der Waals surface area contributed by atoms with Gasteiger partial charge in [-0.05, 0) is 24.7 Å². The summed E-state index contributed by atoms with van der Waals surface area (Å²) in [4.78, 5) is 24.9. The number of hydrogen-bond donors (Lipinski definition) is 0. The van der Waals surface area contributed by atoms with Crippen molar-refractivity contribution < 1.29 is 9.59 Å². The molecule has 2 aliphatic rings. The van der Waals surface area contributed by atoms with E-state index in [1.54, 1.807) is 0 Å². The van der Waals surface area contributed by atoms with Crippen LogP contribution in [0, 0.1) is 11.8 Å². The highest BCUT2D eigenvalue weighted by Crippen LogP contribution is 2.39. The Morgan fingerprint density at radius 2 is 1.93 bits per heavy atom.